The van der Waals surface area contributed by atoms with Gasteiger partial charge in [-0.25, -0.2) is 0 Å². The second kappa shape index (κ2) is 4.76. The van der Waals surface area contributed by atoms with Crippen molar-refractivity contribution in [3.05, 3.63) is 0 Å². The van der Waals surface area contributed by atoms with Crippen molar-refractivity contribution < 1.29 is 5.11 Å². The molecule has 0 heterocycles. The lowest BCUT2D eigenvalue weighted by Gasteiger charge is -2.27. The predicted octanol–water partition coefficient (Wildman–Crippen LogP) is 2.95. The fraction of sp³-hybridized carbons (Fsp3) is 1.00. The van der Waals surface area contributed by atoms with Crippen LogP contribution in [-0.2, 0) is 0 Å². The maximum atomic E-state index is 9.59. The molecule has 0 aromatic rings. The van der Waals surface area contributed by atoms with Gasteiger partial charge in [-0.3, -0.25) is 0 Å². The first kappa shape index (κ1) is 11.8. The topological polar surface area (TPSA) is 20.2 Å². The summed E-state index contributed by atoms with van der Waals surface area (Å²) in [5.74, 6) is 0. The number of hydrogen-bond acceptors (Lipinski definition) is 1. The van der Waals surface area contributed by atoms with Crippen LogP contribution in [0.4, 0.5) is 0 Å². The van der Waals surface area contributed by atoms with Gasteiger partial charge in [0.05, 0.1) is 11.0 Å². The lowest BCUT2D eigenvalue weighted by molar-refractivity contribution is 0.0499. The minimum atomic E-state index is -0.871. The summed E-state index contributed by atoms with van der Waals surface area (Å²) >= 11 is 16.9. The molecule has 0 amide bonds. The standard InChI is InChI=1S/C7H13Cl3O/c1-3-7(2,11)5(8)4-6(9)10/h5-6,11H,3-4H2,1-2H3. The van der Waals surface area contributed by atoms with Gasteiger partial charge in [0.25, 0.3) is 0 Å². The first-order valence-corrected chi connectivity index (χ1v) is 4.85. The largest absolute Gasteiger partial charge is 0.389 e. The molecule has 2 unspecified atom stereocenters. The zero-order valence-electron chi connectivity index (χ0n) is 6.65. The highest BCUT2D eigenvalue weighted by Crippen LogP contribution is 2.26. The SMILES string of the molecule is CCC(C)(O)C(Cl)CC(Cl)Cl. The van der Waals surface area contributed by atoms with Gasteiger partial charge in [-0.15, -0.1) is 34.8 Å². The predicted molar refractivity (Wildman–Crippen MR) is 50.7 cm³/mol. The van der Waals surface area contributed by atoms with Crippen LogP contribution in [0.25, 0.3) is 0 Å². The van der Waals surface area contributed by atoms with E-state index in [1.807, 2.05) is 6.92 Å². The average Bonchev–Trinajstić information content (AvgIpc) is 1.86. The number of aliphatic hydroxyl groups is 1. The Labute approximate surface area is 82.6 Å². The van der Waals surface area contributed by atoms with Gasteiger partial charge in [-0.2, -0.15) is 0 Å². The molecule has 0 aliphatic heterocycles. The molecule has 0 saturated heterocycles. The fourth-order valence-electron chi connectivity index (χ4n) is 0.632. The Balaban J connectivity index is 3.90. The lowest BCUT2D eigenvalue weighted by Crippen LogP contribution is -2.35. The molecule has 68 valence electrons. The Morgan fingerprint density at radius 1 is 1.36 bits per heavy atom. The third-order valence-electron chi connectivity index (χ3n) is 1.78. The van der Waals surface area contributed by atoms with E-state index < -0.39 is 10.4 Å². The summed E-state index contributed by atoms with van der Waals surface area (Å²) in [6.07, 6.45) is 1.01. The first-order chi connectivity index (χ1) is 4.90. The van der Waals surface area contributed by atoms with Gasteiger partial charge >= 0.3 is 0 Å². The van der Waals surface area contributed by atoms with Crippen molar-refractivity contribution in [3.63, 3.8) is 0 Å². The van der Waals surface area contributed by atoms with Crippen molar-refractivity contribution in [2.24, 2.45) is 0 Å². The van der Waals surface area contributed by atoms with Gasteiger partial charge < -0.3 is 5.11 Å². The summed E-state index contributed by atoms with van der Waals surface area (Å²) in [4.78, 5) is -0.504. The molecule has 0 aromatic heterocycles. The van der Waals surface area contributed by atoms with Gasteiger partial charge in [0, 0.05) is 0 Å². The van der Waals surface area contributed by atoms with Crippen LogP contribution < -0.4 is 0 Å². The molecule has 0 radical (unpaired) electrons. The van der Waals surface area contributed by atoms with Crippen molar-refractivity contribution in [2.45, 2.75) is 42.5 Å². The van der Waals surface area contributed by atoms with E-state index in [1.165, 1.54) is 0 Å². The smallest absolute Gasteiger partial charge is 0.109 e. The molecule has 0 aromatic carbocycles. The van der Waals surface area contributed by atoms with Crippen molar-refractivity contribution >= 4 is 34.8 Å². The van der Waals surface area contributed by atoms with E-state index in [0.717, 1.165) is 0 Å². The summed E-state index contributed by atoms with van der Waals surface area (Å²) < 4.78 is 0. The quantitative estimate of drug-likeness (QED) is 0.721. The van der Waals surface area contributed by atoms with Crippen LogP contribution in [0.5, 0.6) is 0 Å². The molecule has 0 fully saturated rings. The molecule has 0 aliphatic carbocycles. The van der Waals surface area contributed by atoms with Crippen molar-refractivity contribution in [1.82, 2.24) is 0 Å². The molecular weight excluding hydrogens is 206 g/mol. The monoisotopic (exact) mass is 218 g/mol. The van der Waals surface area contributed by atoms with Crippen LogP contribution in [0, 0.1) is 0 Å². The number of alkyl halides is 3. The third kappa shape index (κ3) is 4.41. The minimum absolute atomic E-state index is 0.382. The Morgan fingerprint density at radius 3 is 2.09 bits per heavy atom. The van der Waals surface area contributed by atoms with E-state index in [0.29, 0.717) is 12.8 Å². The summed E-state index contributed by atoms with van der Waals surface area (Å²) in [5, 5.41) is 9.21. The summed E-state index contributed by atoms with van der Waals surface area (Å²) in [7, 11) is 0. The average molecular weight is 220 g/mol. The number of halogens is 3. The van der Waals surface area contributed by atoms with Crippen LogP contribution in [0.1, 0.15) is 26.7 Å². The molecule has 0 aliphatic rings. The Morgan fingerprint density at radius 2 is 1.82 bits per heavy atom. The van der Waals surface area contributed by atoms with Gasteiger partial charge in [0.1, 0.15) is 4.84 Å². The van der Waals surface area contributed by atoms with E-state index in [4.69, 9.17) is 34.8 Å². The van der Waals surface area contributed by atoms with Crippen molar-refractivity contribution in [3.8, 4) is 0 Å². The molecule has 1 nitrogen and oxygen atoms in total. The Hall–Kier alpha value is 0.830. The van der Waals surface area contributed by atoms with E-state index in [2.05, 4.69) is 0 Å². The van der Waals surface area contributed by atoms with Gasteiger partial charge in [-0.1, -0.05) is 6.92 Å². The van der Waals surface area contributed by atoms with E-state index in [1.54, 1.807) is 6.92 Å². The highest BCUT2D eigenvalue weighted by atomic mass is 35.5. The highest BCUT2D eigenvalue weighted by Gasteiger charge is 2.29. The summed E-state index contributed by atoms with van der Waals surface area (Å²) in [6.45, 7) is 3.55. The second-order valence-electron chi connectivity index (χ2n) is 2.81. The molecular formula is C7H13Cl3O. The third-order valence-corrected chi connectivity index (χ3v) is 2.78. The number of rotatable bonds is 4. The summed E-state index contributed by atoms with van der Waals surface area (Å²) in [5.41, 5.74) is -0.871. The van der Waals surface area contributed by atoms with Gasteiger partial charge in [0.15, 0.2) is 0 Å². The maximum absolute atomic E-state index is 9.59. The second-order valence-corrected chi connectivity index (χ2v) is 4.61. The normalized spacial score (nSPS) is 19.9. The molecule has 11 heavy (non-hydrogen) atoms. The molecule has 1 N–H and O–H groups in total. The Kier molecular flexibility index (Phi) is 5.12. The van der Waals surface area contributed by atoms with E-state index in [9.17, 15) is 5.11 Å². The fourth-order valence-corrected chi connectivity index (χ4v) is 1.50. The minimum Gasteiger partial charge on any atom is -0.389 e. The van der Waals surface area contributed by atoms with Crippen LogP contribution in [-0.4, -0.2) is 20.9 Å². The molecule has 4 heteroatoms. The highest BCUT2D eigenvalue weighted by molar-refractivity contribution is 6.44. The molecule has 0 spiro atoms. The van der Waals surface area contributed by atoms with E-state index in [-0.39, 0.29) is 5.38 Å². The van der Waals surface area contributed by atoms with E-state index >= 15 is 0 Å². The zero-order chi connectivity index (χ0) is 9.07. The van der Waals surface area contributed by atoms with Crippen LogP contribution in [0.15, 0.2) is 0 Å². The van der Waals surface area contributed by atoms with Gasteiger partial charge in [-0.05, 0) is 19.8 Å². The van der Waals surface area contributed by atoms with Crippen LogP contribution in [0.3, 0.4) is 0 Å². The maximum Gasteiger partial charge on any atom is 0.109 e. The van der Waals surface area contributed by atoms with Crippen molar-refractivity contribution in [1.29, 1.82) is 0 Å². The van der Waals surface area contributed by atoms with Crippen LogP contribution in [0.2, 0.25) is 0 Å². The molecule has 2 atom stereocenters. The van der Waals surface area contributed by atoms with Gasteiger partial charge in [0.2, 0.25) is 0 Å². The molecule has 0 bridgehead atoms. The zero-order valence-corrected chi connectivity index (χ0v) is 8.92. The summed E-state index contributed by atoms with van der Waals surface area (Å²) in [6, 6.07) is 0. The molecule has 0 saturated carbocycles. The van der Waals surface area contributed by atoms with Crippen molar-refractivity contribution in [2.75, 3.05) is 0 Å². The van der Waals surface area contributed by atoms with Crippen LogP contribution >= 0.6 is 34.8 Å². The Bertz CT molecular complexity index is 114. The lowest BCUT2D eigenvalue weighted by atomic mass is 9.97. The first-order valence-electron chi connectivity index (χ1n) is 3.54. The number of hydrogen-bond donors (Lipinski definition) is 1. The molecule has 0 rings (SSSR count).